The number of benzene rings is 2. The minimum Gasteiger partial charge on any atom is -0.489 e. The van der Waals surface area contributed by atoms with Crippen molar-refractivity contribution >= 4 is 17.6 Å². The maximum Gasteiger partial charge on any atom is 0.320 e. The monoisotopic (exact) mass is 365 g/mol. The number of aliphatic carboxylic acids is 1. The molecule has 2 rings (SSSR count). The Morgan fingerprint density at radius 1 is 1.24 bits per heavy atom. The topological polar surface area (TPSA) is 58.6 Å². The fraction of sp³-hybridized carbons (Fsp3) is 0.316. The van der Waals surface area contributed by atoms with Crippen molar-refractivity contribution in [3.63, 3.8) is 0 Å². The molecule has 0 heterocycles. The Labute approximate surface area is 151 Å². The molecule has 0 aliphatic carbocycles. The van der Waals surface area contributed by atoms with Crippen LogP contribution in [0.4, 0.5) is 4.39 Å². The van der Waals surface area contributed by atoms with Crippen LogP contribution in [-0.2, 0) is 17.9 Å². The lowest BCUT2D eigenvalue weighted by molar-refractivity contribution is -0.140. The summed E-state index contributed by atoms with van der Waals surface area (Å²) in [6.45, 7) is 4.43. The summed E-state index contributed by atoms with van der Waals surface area (Å²) in [6.07, 6.45) is 0. The van der Waals surface area contributed by atoms with Gasteiger partial charge in [-0.1, -0.05) is 43.6 Å². The fourth-order valence-electron chi connectivity index (χ4n) is 2.34. The van der Waals surface area contributed by atoms with Gasteiger partial charge in [-0.3, -0.25) is 4.79 Å². The van der Waals surface area contributed by atoms with Crippen molar-refractivity contribution in [2.75, 3.05) is 0 Å². The predicted octanol–water partition coefficient (Wildman–Crippen LogP) is 4.26. The third kappa shape index (κ3) is 5.73. The van der Waals surface area contributed by atoms with Crippen LogP contribution in [0.3, 0.4) is 0 Å². The van der Waals surface area contributed by atoms with E-state index in [0.29, 0.717) is 22.9 Å². The van der Waals surface area contributed by atoms with E-state index in [0.717, 1.165) is 5.56 Å². The number of hydrogen-bond donors (Lipinski definition) is 2. The van der Waals surface area contributed by atoms with Crippen molar-refractivity contribution in [1.29, 1.82) is 0 Å². The zero-order valence-electron chi connectivity index (χ0n) is 14.1. The number of halogens is 2. The molecule has 0 aliphatic heterocycles. The van der Waals surface area contributed by atoms with E-state index < -0.39 is 12.0 Å². The van der Waals surface area contributed by atoms with E-state index in [1.54, 1.807) is 18.2 Å². The quantitative estimate of drug-likeness (QED) is 0.734. The summed E-state index contributed by atoms with van der Waals surface area (Å²) in [5, 5.41) is 12.5. The van der Waals surface area contributed by atoms with Gasteiger partial charge < -0.3 is 15.2 Å². The van der Waals surface area contributed by atoms with Crippen LogP contribution in [0.2, 0.25) is 5.02 Å². The number of carboxylic acids is 1. The second-order valence-corrected chi connectivity index (χ2v) is 6.52. The first kappa shape index (κ1) is 19.2. The largest absolute Gasteiger partial charge is 0.489 e. The summed E-state index contributed by atoms with van der Waals surface area (Å²) in [5.41, 5.74) is 1.66. The molecule has 134 valence electrons. The Balaban J connectivity index is 1.90. The van der Waals surface area contributed by atoms with Crippen molar-refractivity contribution in [2.24, 2.45) is 5.92 Å². The van der Waals surface area contributed by atoms with Gasteiger partial charge in [-0.15, -0.1) is 0 Å². The maximum absolute atomic E-state index is 13.0. The molecule has 0 radical (unpaired) electrons. The number of hydrogen-bond acceptors (Lipinski definition) is 3. The van der Waals surface area contributed by atoms with Gasteiger partial charge in [0.25, 0.3) is 0 Å². The first-order valence-electron chi connectivity index (χ1n) is 7.98. The minimum atomic E-state index is -0.855. The highest BCUT2D eigenvalue weighted by atomic mass is 35.5. The first-order chi connectivity index (χ1) is 11.9. The van der Waals surface area contributed by atoms with Crippen molar-refractivity contribution in [3.8, 4) is 5.75 Å². The molecule has 0 saturated carbocycles. The van der Waals surface area contributed by atoms with Crippen LogP contribution in [0.15, 0.2) is 42.5 Å². The van der Waals surface area contributed by atoms with Crippen LogP contribution < -0.4 is 10.1 Å². The maximum atomic E-state index is 13.0. The molecule has 25 heavy (non-hydrogen) atoms. The molecule has 1 atom stereocenters. The Hall–Kier alpha value is -2.11. The van der Waals surface area contributed by atoms with Crippen molar-refractivity contribution in [2.45, 2.75) is 33.0 Å². The van der Waals surface area contributed by atoms with Crippen molar-refractivity contribution < 1.29 is 19.0 Å². The van der Waals surface area contributed by atoms with Crippen LogP contribution in [0.1, 0.15) is 25.0 Å². The molecule has 0 spiro atoms. The van der Waals surface area contributed by atoms with E-state index in [9.17, 15) is 9.18 Å². The van der Waals surface area contributed by atoms with Gasteiger partial charge in [-0.05, 0) is 35.7 Å². The molecule has 4 nitrogen and oxygen atoms in total. The summed E-state index contributed by atoms with van der Waals surface area (Å²) >= 11 is 5.97. The lowest BCUT2D eigenvalue weighted by Crippen LogP contribution is -2.40. The third-order valence-electron chi connectivity index (χ3n) is 3.79. The fourth-order valence-corrected chi connectivity index (χ4v) is 2.56. The lowest BCUT2D eigenvalue weighted by Gasteiger charge is -2.18. The zero-order valence-corrected chi connectivity index (χ0v) is 14.9. The number of ether oxygens (including phenoxy) is 1. The van der Waals surface area contributed by atoms with Crippen LogP contribution in [-0.4, -0.2) is 17.1 Å². The molecule has 0 fully saturated rings. The van der Waals surface area contributed by atoms with Crippen LogP contribution in [0, 0.1) is 11.7 Å². The van der Waals surface area contributed by atoms with Crippen LogP contribution in [0.25, 0.3) is 0 Å². The lowest BCUT2D eigenvalue weighted by atomic mass is 10.0. The highest BCUT2D eigenvalue weighted by molar-refractivity contribution is 6.31. The van der Waals surface area contributed by atoms with Gasteiger partial charge in [0.2, 0.25) is 0 Å². The van der Waals surface area contributed by atoms with Crippen LogP contribution >= 0.6 is 11.6 Å². The highest BCUT2D eigenvalue weighted by Crippen LogP contribution is 2.20. The molecule has 0 aliphatic rings. The van der Waals surface area contributed by atoms with Crippen molar-refractivity contribution in [1.82, 2.24) is 5.32 Å². The van der Waals surface area contributed by atoms with E-state index in [-0.39, 0.29) is 18.3 Å². The number of rotatable bonds is 8. The minimum absolute atomic E-state index is 0.000522. The number of carbonyl (C=O) groups is 1. The molecule has 6 heteroatoms. The molecule has 1 unspecified atom stereocenters. The Kier molecular flexibility index (Phi) is 6.79. The average Bonchev–Trinajstić information content (AvgIpc) is 2.55. The average molecular weight is 366 g/mol. The van der Waals surface area contributed by atoms with E-state index >= 15 is 0 Å². The highest BCUT2D eigenvalue weighted by Gasteiger charge is 2.20. The SMILES string of the molecule is CC(C)C(NCc1ccc(OCc2ccc(F)cc2Cl)cc1)C(=O)O. The molecule has 0 amide bonds. The molecule has 2 aromatic rings. The number of carboxylic acid groups (broad SMARTS) is 1. The van der Waals surface area contributed by atoms with Gasteiger partial charge in [-0.25, -0.2) is 4.39 Å². The normalized spacial score (nSPS) is 12.2. The van der Waals surface area contributed by atoms with Gasteiger partial charge in [-0.2, -0.15) is 0 Å². The van der Waals surface area contributed by atoms with Gasteiger partial charge in [0.15, 0.2) is 0 Å². The summed E-state index contributed by atoms with van der Waals surface area (Å²) in [4.78, 5) is 11.2. The first-order valence-corrected chi connectivity index (χ1v) is 8.36. The van der Waals surface area contributed by atoms with Crippen molar-refractivity contribution in [3.05, 3.63) is 64.4 Å². The Bertz CT molecular complexity index is 719. The van der Waals surface area contributed by atoms with Gasteiger partial charge in [0, 0.05) is 12.1 Å². The summed E-state index contributed by atoms with van der Waals surface area (Å²) in [6, 6.07) is 10.9. The van der Waals surface area contributed by atoms with Gasteiger partial charge in [0.1, 0.15) is 24.2 Å². The van der Waals surface area contributed by atoms with E-state index in [2.05, 4.69) is 5.32 Å². The summed E-state index contributed by atoms with van der Waals surface area (Å²) < 4.78 is 18.7. The standard InChI is InChI=1S/C19H21ClFNO3/c1-12(2)18(19(23)24)22-10-13-3-7-16(8-4-13)25-11-14-5-6-15(21)9-17(14)20/h3-9,12,18,22H,10-11H2,1-2H3,(H,23,24). The van der Waals surface area contributed by atoms with Crippen LogP contribution in [0.5, 0.6) is 5.75 Å². The second-order valence-electron chi connectivity index (χ2n) is 6.11. The summed E-state index contributed by atoms with van der Waals surface area (Å²) in [7, 11) is 0. The third-order valence-corrected chi connectivity index (χ3v) is 4.14. The Morgan fingerprint density at radius 2 is 1.92 bits per heavy atom. The van der Waals surface area contributed by atoms with E-state index in [4.69, 9.17) is 21.4 Å². The molecular weight excluding hydrogens is 345 g/mol. The number of nitrogens with one attached hydrogen (secondary N) is 1. The van der Waals surface area contributed by atoms with E-state index in [1.165, 1.54) is 12.1 Å². The zero-order chi connectivity index (χ0) is 18.4. The van der Waals surface area contributed by atoms with Gasteiger partial charge >= 0.3 is 5.97 Å². The smallest absolute Gasteiger partial charge is 0.320 e. The summed E-state index contributed by atoms with van der Waals surface area (Å²) in [5.74, 6) is -0.582. The molecule has 2 N–H and O–H groups in total. The van der Waals surface area contributed by atoms with Gasteiger partial charge in [0.05, 0.1) is 5.02 Å². The predicted molar refractivity (Wildman–Crippen MR) is 95.3 cm³/mol. The second kappa shape index (κ2) is 8.83. The Morgan fingerprint density at radius 3 is 2.48 bits per heavy atom. The molecule has 0 bridgehead atoms. The van der Waals surface area contributed by atoms with E-state index in [1.807, 2.05) is 26.0 Å². The molecule has 0 aromatic heterocycles. The molecule has 2 aromatic carbocycles. The molecule has 0 saturated heterocycles. The molecular formula is C19H21ClFNO3.